The Morgan fingerprint density at radius 2 is 1.86 bits per heavy atom. The fourth-order valence-electron chi connectivity index (χ4n) is 3.40. The summed E-state index contributed by atoms with van der Waals surface area (Å²) in [6, 6.07) is 6.59. The molecule has 0 saturated heterocycles. The molecular weight excluding hydrogens is 368 g/mol. The summed E-state index contributed by atoms with van der Waals surface area (Å²) in [5.74, 6) is 1.65. The van der Waals surface area contributed by atoms with E-state index in [4.69, 9.17) is 0 Å². The molecule has 0 saturated carbocycles. The van der Waals surface area contributed by atoms with Crippen LogP contribution in [0.1, 0.15) is 64.1 Å². The van der Waals surface area contributed by atoms with Crippen molar-refractivity contribution >= 4 is 23.3 Å². The molecule has 0 aliphatic carbocycles. The fraction of sp³-hybridized carbons (Fsp3) is 0.524. The Morgan fingerprint density at radius 3 is 2.59 bits per heavy atom. The van der Waals surface area contributed by atoms with Crippen molar-refractivity contribution in [2.75, 3.05) is 10.6 Å². The van der Waals surface area contributed by atoms with Crippen molar-refractivity contribution in [3.05, 3.63) is 35.9 Å². The Balaban J connectivity index is 1.65. The van der Waals surface area contributed by atoms with Gasteiger partial charge in [-0.05, 0) is 37.5 Å². The second-order valence-electron chi connectivity index (χ2n) is 7.72. The van der Waals surface area contributed by atoms with Gasteiger partial charge in [-0.15, -0.1) is 10.2 Å². The normalized spacial score (nSPS) is 14.6. The van der Waals surface area contributed by atoms with Gasteiger partial charge in [-0.3, -0.25) is 4.79 Å². The molecule has 1 aliphatic heterocycles. The van der Waals surface area contributed by atoms with Crippen molar-refractivity contribution in [2.45, 2.75) is 65.5 Å². The molecule has 0 spiro atoms. The Bertz CT molecular complexity index is 861. The largest absolute Gasteiger partial charge is 0.328 e. The summed E-state index contributed by atoms with van der Waals surface area (Å²) in [5.41, 5.74) is 1.26. The number of nitrogens with zero attached hydrogens (tertiary/aromatic N) is 3. The molecule has 0 bridgehead atoms. The first kappa shape index (κ1) is 20.8. The standard InChI is InChI=1S/C21H30N6O2/c1-4-17(19-26-25-18-11-6-5-7-12-27(18)19)24-21(29)23-16-10-8-9-15(13-16)22-20(28)14(2)3/h8-10,13-14,17H,4-7,11-12H2,1-3H3,(H,22,28)(H2,23,24,29). The van der Waals surface area contributed by atoms with Crippen molar-refractivity contribution in [1.29, 1.82) is 0 Å². The molecule has 1 aromatic carbocycles. The number of amides is 3. The van der Waals surface area contributed by atoms with Gasteiger partial charge in [-0.25, -0.2) is 4.79 Å². The summed E-state index contributed by atoms with van der Waals surface area (Å²) in [5, 5.41) is 17.4. The summed E-state index contributed by atoms with van der Waals surface area (Å²) in [6.07, 6.45) is 5.08. The summed E-state index contributed by atoms with van der Waals surface area (Å²) < 4.78 is 2.16. The zero-order valence-electron chi connectivity index (χ0n) is 17.4. The van der Waals surface area contributed by atoms with Gasteiger partial charge < -0.3 is 20.5 Å². The average molecular weight is 399 g/mol. The predicted octanol–water partition coefficient (Wildman–Crippen LogP) is 3.87. The molecule has 156 valence electrons. The van der Waals surface area contributed by atoms with Crippen LogP contribution in [0.15, 0.2) is 24.3 Å². The van der Waals surface area contributed by atoms with Crippen molar-refractivity contribution < 1.29 is 9.59 Å². The van der Waals surface area contributed by atoms with Gasteiger partial charge in [-0.2, -0.15) is 0 Å². The highest BCUT2D eigenvalue weighted by molar-refractivity contribution is 5.94. The van der Waals surface area contributed by atoms with Crippen molar-refractivity contribution in [3.63, 3.8) is 0 Å². The monoisotopic (exact) mass is 398 g/mol. The molecule has 3 N–H and O–H groups in total. The van der Waals surface area contributed by atoms with E-state index in [-0.39, 0.29) is 23.9 Å². The molecule has 29 heavy (non-hydrogen) atoms. The zero-order valence-corrected chi connectivity index (χ0v) is 17.4. The number of fused-ring (bicyclic) bond motifs is 1. The number of carbonyl (C=O) groups is 2. The van der Waals surface area contributed by atoms with E-state index in [0.29, 0.717) is 11.4 Å². The first-order valence-electron chi connectivity index (χ1n) is 10.4. The number of carbonyl (C=O) groups excluding carboxylic acids is 2. The van der Waals surface area contributed by atoms with Crippen LogP contribution in [0.4, 0.5) is 16.2 Å². The van der Waals surface area contributed by atoms with Gasteiger partial charge in [0, 0.05) is 30.3 Å². The zero-order chi connectivity index (χ0) is 20.8. The lowest BCUT2D eigenvalue weighted by Crippen LogP contribution is -2.34. The van der Waals surface area contributed by atoms with E-state index in [9.17, 15) is 9.59 Å². The molecule has 8 nitrogen and oxygen atoms in total. The first-order chi connectivity index (χ1) is 14.0. The molecule has 1 unspecified atom stereocenters. The topological polar surface area (TPSA) is 101 Å². The van der Waals surface area contributed by atoms with Gasteiger partial charge in [0.15, 0.2) is 5.82 Å². The van der Waals surface area contributed by atoms with E-state index < -0.39 is 0 Å². The lowest BCUT2D eigenvalue weighted by Gasteiger charge is -2.18. The number of rotatable bonds is 6. The Labute approximate surface area is 171 Å². The van der Waals surface area contributed by atoms with E-state index in [2.05, 4.69) is 30.7 Å². The third-order valence-electron chi connectivity index (χ3n) is 5.08. The number of anilines is 2. The minimum atomic E-state index is -0.310. The molecule has 0 fully saturated rings. The number of aromatic nitrogens is 3. The lowest BCUT2D eigenvalue weighted by molar-refractivity contribution is -0.118. The molecule has 2 heterocycles. The maximum absolute atomic E-state index is 12.6. The smallest absolute Gasteiger partial charge is 0.319 e. The number of benzene rings is 1. The molecule has 3 rings (SSSR count). The Kier molecular flexibility index (Phi) is 6.85. The maximum Gasteiger partial charge on any atom is 0.319 e. The van der Waals surface area contributed by atoms with Crippen LogP contribution in [0.2, 0.25) is 0 Å². The third-order valence-corrected chi connectivity index (χ3v) is 5.08. The fourth-order valence-corrected chi connectivity index (χ4v) is 3.40. The molecular formula is C21H30N6O2. The number of nitrogens with one attached hydrogen (secondary N) is 3. The van der Waals surface area contributed by atoms with Gasteiger partial charge >= 0.3 is 6.03 Å². The highest BCUT2D eigenvalue weighted by Crippen LogP contribution is 2.21. The van der Waals surface area contributed by atoms with Crippen molar-refractivity contribution in [2.24, 2.45) is 5.92 Å². The van der Waals surface area contributed by atoms with E-state index in [1.165, 1.54) is 6.42 Å². The van der Waals surface area contributed by atoms with E-state index in [1.54, 1.807) is 24.3 Å². The van der Waals surface area contributed by atoms with Gasteiger partial charge in [0.05, 0.1) is 6.04 Å². The minimum absolute atomic E-state index is 0.0647. The number of hydrogen-bond donors (Lipinski definition) is 3. The summed E-state index contributed by atoms with van der Waals surface area (Å²) in [4.78, 5) is 24.5. The predicted molar refractivity (Wildman–Crippen MR) is 113 cm³/mol. The highest BCUT2D eigenvalue weighted by Gasteiger charge is 2.22. The van der Waals surface area contributed by atoms with Gasteiger partial charge in [0.2, 0.25) is 5.91 Å². The van der Waals surface area contributed by atoms with Gasteiger partial charge in [0.1, 0.15) is 5.82 Å². The lowest BCUT2D eigenvalue weighted by atomic mass is 10.2. The molecule has 1 aromatic heterocycles. The number of aryl methyl sites for hydroxylation is 1. The van der Waals surface area contributed by atoms with Gasteiger partial charge in [-0.1, -0.05) is 33.3 Å². The molecule has 1 aliphatic rings. The van der Waals surface area contributed by atoms with E-state index in [1.807, 2.05) is 20.8 Å². The van der Waals surface area contributed by atoms with Crippen LogP contribution in [0.25, 0.3) is 0 Å². The quantitative estimate of drug-likeness (QED) is 0.687. The second kappa shape index (κ2) is 9.54. The van der Waals surface area contributed by atoms with Crippen LogP contribution in [0.5, 0.6) is 0 Å². The van der Waals surface area contributed by atoms with Crippen LogP contribution in [-0.4, -0.2) is 26.7 Å². The molecule has 8 heteroatoms. The van der Waals surface area contributed by atoms with Crippen LogP contribution in [0.3, 0.4) is 0 Å². The van der Waals surface area contributed by atoms with Crippen molar-refractivity contribution in [3.8, 4) is 0 Å². The Morgan fingerprint density at radius 1 is 1.10 bits per heavy atom. The third kappa shape index (κ3) is 5.34. The first-order valence-corrected chi connectivity index (χ1v) is 10.4. The van der Waals surface area contributed by atoms with Crippen LogP contribution >= 0.6 is 0 Å². The van der Waals surface area contributed by atoms with Gasteiger partial charge in [0.25, 0.3) is 0 Å². The van der Waals surface area contributed by atoms with Crippen molar-refractivity contribution in [1.82, 2.24) is 20.1 Å². The summed E-state index contributed by atoms with van der Waals surface area (Å²) >= 11 is 0. The Hall–Kier alpha value is -2.90. The number of hydrogen-bond acceptors (Lipinski definition) is 4. The minimum Gasteiger partial charge on any atom is -0.328 e. The van der Waals surface area contributed by atoms with Crippen LogP contribution in [-0.2, 0) is 17.8 Å². The highest BCUT2D eigenvalue weighted by atomic mass is 16.2. The summed E-state index contributed by atoms with van der Waals surface area (Å²) in [7, 11) is 0. The average Bonchev–Trinajstić information content (AvgIpc) is 2.94. The second-order valence-corrected chi connectivity index (χ2v) is 7.72. The molecule has 0 radical (unpaired) electrons. The van der Waals surface area contributed by atoms with E-state index >= 15 is 0 Å². The molecule has 2 aromatic rings. The maximum atomic E-state index is 12.6. The summed E-state index contributed by atoms with van der Waals surface area (Å²) in [6.45, 7) is 6.59. The van der Waals surface area contributed by atoms with E-state index in [0.717, 1.165) is 43.9 Å². The molecule has 1 atom stereocenters. The number of urea groups is 1. The van der Waals surface area contributed by atoms with Crippen LogP contribution < -0.4 is 16.0 Å². The molecule has 3 amide bonds. The SMILES string of the molecule is CCC(NC(=O)Nc1cccc(NC(=O)C(C)C)c1)c1nnc2n1CCCCC2. The van der Waals surface area contributed by atoms with Crippen LogP contribution in [0, 0.1) is 5.92 Å².